The molecule has 3 N–H and O–H groups in total. The summed E-state index contributed by atoms with van der Waals surface area (Å²) in [7, 11) is 1.63. The Morgan fingerprint density at radius 2 is 1.81 bits per heavy atom. The van der Waals surface area contributed by atoms with Gasteiger partial charge in [-0.05, 0) is 50.1 Å². The number of carbonyl (C=O) groups excluding carboxylic acids is 1. The van der Waals surface area contributed by atoms with E-state index in [1.807, 2.05) is 24.3 Å². The molecule has 0 atom stereocenters. The third-order valence-electron chi connectivity index (χ3n) is 3.08. The third kappa shape index (κ3) is 8.19. The molecule has 0 aliphatic heterocycles. The maximum atomic E-state index is 11.6. The van der Waals surface area contributed by atoms with E-state index in [1.165, 1.54) is 0 Å². The summed E-state index contributed by atoms with van der Waals surface area (Å²) >= 11 is 0. The van der Waals surface area contributed by atoms with E-state index in [9.17, 15) is 4.79 Å². The highest BCUT2D eigenvalue weighted by molar-refractivity contribution is 5.75. The van der Waals surface area contributed by atoms with Crippen molar-refractivity contribution in [3.05, 3.63) is 24.3 Å². The second-order valence-corrected chi connectivity index (χ2v) is 4.83. The molecular weight excluding hydrogens is 268 g/mol. The van der Waals surface area contributed by atoms with Crippen molar-refractivity contribution >= 4 is 5.91 Å². The minimum atomic E-state index is 0.0843. The lowest BCUT2D eigenvalue weighted by molar-refractivity contribution is -0.121. The molecule has 0 aliphatic rings. The molecule has 1 rings (SSSR count). The van der Waals surface area contributed by atoms with Crippen molar-refractivity contribution in [2.24, 2.45) is 5.73 Å². The fraction of sp³-hybridized carbons (Fsp3) is 0.562. The first-order valence-corrected chi connectivity index (χ1v) is 7.50. The van der Waals surface area contributed by atoms with Gasteiger partial charge in [0.15, 0.2) is 0 Å². The third-order valence-corrected chi connectivity index (χ3v) is 3.08. The molecule has 118 valence electrons. The second-order valence-electron chi connectivity index (χ2n) is 4.83. The van der Waals surface area contributed by atoms with Gasteiger partial charge in [-0.2, -0.15) is 0 Å². The van der Waals surface area contributed by atoms with E-state index >= 15 is 0 Å². The molecule has 21 heavy (non-hydrogen) atoms. The largest absolute Gasteiger partial charge is 0.497 e. The average Bonchev–Trinajstić information content (AvgIpc) is 2.52. The predicted octanol–water partition coefficient (Wildman–Crippen LogP) is 2.10. The summed E-state index contributed by atoms with van der Waals surface area (Å²) in [5.41, 5.74) is 5.41. The van der Waals surface area contributed by atoms with Crippen LogP contribution in [0.5, 0.6) is 11.5 Å². The number of carbonyl (C=O) groups is 1. The number of nitrogens with two attached hydrogens (primary N) is 1. The molecule has 0 unspecified atom stereocenters. The van der Waals surface area contributed by atoms with Crippen LogP contribution in [0.25, 0.3) is 0 Å². The first kappa shape index (κ1) is 17.3. The number of hydrogen-bond acceptors (Lipinski definition) is 4. The molecule has 0 saturated carbocycles. The molecule has 0 aromatic heterocycles. The zero-order valence-corrected chi connectivity index (χ0v) is 12.8. The van der Waals surface area contributed by atoms with Gasteiger partial charge in [-0.15, -0.1) is 0 Å². The molecule has 1 amide bonds. The lowest BCUT2D eigenvalue weighted by Crippen LogP contribution is -2.24. The van der Waals surface area contributed by atoms with Crippen LogP contribution >= 0.6 is 0 Å². The first-order valence-electron chi connectivity index (χ1n) is 7.50. The van der Waals surface area contributed by atoms with Gasteiger partial charge in [0.05, 0.1) is 13.7 Å². The van der Waals surface area contributed by atoms with E-state index in [1.54, 1.807) is 7.11 Å². The van der Waals surface area contributed by atoms with Crippen molar-refractivity contribution in [1.82, 2.24) is 5.32 Å². The molecule has 0 bridgehead atoms. The van der Waals surface area contributed by atoms with E-state index in [4.69, 9.17) is 15.2 Å². The van der Waals surface area contributed by atoms with Crippen LogP contribution in [-0.2, 0) is 4.79 Å². The summed E-state index contributed by atoms with van der Waals surface area (Å²) in [6.45, 7) is 1.99. The standard InChI is InChI=1S/C16H26N2O3/c1-20-14-7-9-15(10-8-14)21-13-5-6-16(19)18-12-4-2-3-11-17/h7-10H,2-6,11-13,17H2,1H3,(H,18,19). The normalized spacial score (nSPS) is 10.2. The highest BCUT2D eigenvalue weighted by Gasteiger charge is 2.01. The van der Waals surface area contributed by atoms with Crippen molar-refractivity contribution in [3.63, 3.8) is 0 Å². The van der Waals surface area contributed by atoms with E-state index in [0.717, 1.165) is 43.9 Å². The van der Waals surface area contributed by atoms with Crippen molar-refractivity contribution < 1.29 is 14.3 Å². The van der Waals surface area contributed by atoms with E-state index in [2.05, 4.69) is 5.32 Å². The summed E-state index contributed by atoms with van der Waals surface area (Å²) in [6.07, 6.45) is 4.28. The van der Waals surface area contributed by atoms with Crippen molar-refractivity contribution in [1.29, 1.82) is 0 Å². The maximum Gasteiger partial charge on any atom is 0.220 e. The lowest BCUT2D eigenvalue weighted by atomic mass is 10.2. The molecule has 5 heteroatoms. The lowest BCUT2D eigenvalue weighted by Gasteiger charge is -2.07. The Bertz CT molecular complexity index is 393. The van der Waals surface area contributed by atoms with Crippen LogP contribution in [0.1, 0.15) is 32.1 Å². The molecule has 0 fully saturated rings. The Morgan fingerprint density at radius 3 is 2.48 bits per heavy atom. The van der Waals surface area contributed by atoms with Crippen LogP contribution in [0.2, 0.25) is 0 Å². The smallest absolute Gasteiger partial charge is 0.220 e. The van der Waals surface area contributed by atoms with Gasteiger partial charge < -0.3 is 20.5 Å². The zero-order valence-electron chi connectivity index (χ0n) is 12.8. The Balaban J connectivity index is 2.03. The van der Waals surface area contributed by atoms with Crippen LogP contribution < -0.4 is 20.5 Å². The highest BCUT2D eigenvalue weighted by atomic mass is 16.5. The summed E-state index contributed by atoms with van der Waals surface area (Å²) in [5, 5.41) is 2.90. The van der Waals surface area contributed by atoms with Crippen LogP contribution in [-0.4, -0.2) is 32.7 Å². The van der Waals surface area contributed by atoms with Crippen molar-refractivity contribution in [3.8, 4) is 11.5 Å². The van der Waals surface area contributed by atoms with Gasteiger partial charge in [0.2, 0.25) is 5.91 Å². The number of amides is 1. The Kier molecular flexibility index (Phi) is 9.04. The molecule has 0 heterocycles. The monoisotopic (exact) mass is 294 g/mol. The molecule has 0 aliphatic carbocycles. The molecule has 0 spiro atoms. The summed E-state index contributed by atoms with van der Waals surface area (Å²) < 4.78 is 10.6. The first-order chi connectivity index (χ1) is 10.3. The minimum absolute atomic E-state index is 0.0843. The quantitative estimate of drug-likeness (QED) is 0.613. The van der Waals surface area contributed by atoms with Crippen LogP contribution in [0.4, 0.5) is 0 Å². The molecule has 1 aromatic rings. The van der Waals surface area contributed by atoms with Crippen molar-refractivity contribution in [2.45, 2.75) is 32.1 Å². The van der Waals surface area contributed by atoms with Crippen LogP contribution in [0.3, 0.4) is 0 Å². The number of benzene rings is 1. The van der Waals surface area contributed by atoms with Crippen molar-refractivity contribution in [2.75, 3.05) is 26.8 Å². The number of nitrogens with one attached hydrogen (secondary N) is 1. The van der Waals surface area contributed by atoms with Gasteiger partial charge >= 0.3 is 0 Å². The molecule has 0 saturated heterocycles. The zero-order chi connectivity index (χ0) is 15.3. The Morgan fingerprint density at radius 1 is 1.10 bits per heavy atom. The molecule has 0 radical (unpaired) electrons. The van der Waals surface area contributed by atoms with Gasteiger partial charge in [0.25, 0.3) is 0 Å². The molecule has 1 aromatic carbocycles. The van der Waals surface area contributed by atoms with Gasteiger partial charge in [0.1, 0.15) is 11.5 Å². The highest BCUT2D eigenvalue weighted by Crippen LogP contribution is 2.17. The van der Waals surface area contributed by atoms with Gasteiger partial charge in [-0.1, -0.05) is 6.42 Å². The van der Waals surface area contributed by atoms with Crippen LogP contribution in [0.15, 0.2) is 24.3 Å². The Labute approximate surface area is 126 Å². The van der Waals surface area contributed by atoms with Gasteiger partial charge in [-0.25, -0.2) is 0 Å². The van der Waals surface area contributed by atoms with E-state index in [-0.39, 0.29) is 5.91 Å². The number of rotatable bonds is 11. The SMILES string of the molecule is COc1ccc(OCCCC(=O)NCCCCCN)cc1. The number of methoxy groups -OCH3 is 1. The van der Waals surface area contributed by atoms with E-state index in [0.29, 0.717) is 19.4 Å². The fourth-order valence-corrected chi connectivity index (χ4v) is 1.86. The summed E-state index contributed by atoms with van der Waals surface area (Å²) in [6, 6.07) is 7.42. The predicted molar refractivity (Wildman–Crippen MR) is 83.6 cm³/mol. The summed E-state index contributed by atoms with van der Waals surface area (Å²) in [5.74, 6) is 1.68. The number of unbranched alkanes of at least 4 members (excludes halogenated alkanes) is 2. The van der Waals surface area contributed by atoms with E-state index < -0.39 is 0 Å². The average molecular weight is 294 g/mol. The Hall–Kier alpha value is -1.75. The van der Waals surface area contributed by atoms with Gasteiger partial charge in [-0.3, -0.25) is 4.79 Å². The topological polar surface area (TPSA) is 73.6 Å². The van der Waals surface area contributed by atoms with Gasteiger partial charge in [0, 0.05) is 13.0 Å². The van der Waals surface area contributed by atoms with Crippen LogP contribution in [0, 0.1) is 0 Å². The number of ether oxygens (including phenoxy) is 2. The second kappa shape index (κ2) is 11.0. The minimum Gasteiger partial charge on any atom is -0.497 e. The molecule has 5 nitrogen and oxygen atoms in total. The summed E-state index contributed by atoms with van der Waals surface area (Å²) in [4.78, 5) is 11.6. The fourth-order valence-electron chi connectivity index (χ4n) is 1.86. The molecular formula is C16H26N2O3. The number of hydrogen-bond donors (Lipinski definition) is 2. The maximum absolute atomic E-state index is 11.6.